The van der Waals surface area contributed by atoms with Gasteiger partial charge in [0.15, 0.2) is 0 Å². The number of amides is 1. The minimum absolute atomic E-state index is 0.0528. The van der Waals surface area contributed by atoms with Crippen LogP contribution >= 0.6 is 11.3 Å². The number of hydrogen-bond donors (Lipinski definition) is 1. The van der Waals surface area contributed by atoms with E-state index in [2.05, 4.69) is 20.2 Å². The van der Waals surface area contributed by atoms with Crippen LogP contribution in [0.5, 0.6) is 5.75 Å². The first-order valence-corrected chi connectivity index (χ1v) is 10.1. The Bertz CT molecular complexity index is 930. The molecule has 0 radical (unpaired) electrons. The van der Waals surface area contributed by atoms with E-state index >= 15 is 0 Å². The fourth-order valence-electron chi connectivity index (χ4n) is 3.41. The van der Waals surface area contributed by atoms with E-state index < -0.39 is 0 Å². The van der Waals surface area contributed by atoms with Crippen molar-refractivity contribution < 1.29 is 9.53 Å². The maximum Gasteiger partial charge on any atom is 0.265 e. The van der Waals surface area contributed by atoms with E-state index in [0.29, 0.717) is 23.1 Å². The largest absolute Gasteiger partial charge is 0.495 e. The molecule has 6 nitrogen and oxygen atoms in total. The van der Waals surface area contributed by atoms with Gasteiger partial charge in [-0.15, -0.1) is 11.3 Å². The number of ether oxygens (including phenoxy) is 1. The quantitative estimate of drug-likeness (QED) is 0.716. The molecule has 0 bridgehead atoms. The Hall–Kier alpha value is -2.93. The van der Waals surface area contributed by atoms with Crippen LogP contribution in [0.3, 0.4) is 0 Å². The molecule has 3 heterocycles. The molecular weight excluding hydrogens is 372 g/mol. The van der Waals surface area contributed by atoms with Crippen molar-refractivity contribution in [3.63, 3.8) is 0 Å². The van der Waals surface area contributed by atoms with Crippen molar-refractivity contribution in [1.82, 2.24) is 15.3 Å². The first-order valence-electron chi connectivity index (χ1n) is 9.30. The van der Waals surface area contributed by atoms with Crippen LogP contribution < -0.4 is 15.0 Å². The van der Waals surface area contributed by atoms with Gasteiger partial charge in [-0.25, -0.2) is 9.97 Å². The number of aromatic nitrogens is 2. The van der Waals surface area contributed by atoms with Gasteiger partial charge in [0.05, 0.1) is 7.11 Å². The van der Waals surface area contributed by atoms with Crippen molar-refractivity contribution in [2.75, 3.05) is 25.1 Å². The molecule has 1 amide bonds. The number of hydrogen-bond acceptors (Lipinski definition) is 6. The highest BCUT2D eigenvalue weighted by atomic mass is 32.1. The summed E-state index contributed by atoms with van der Waals surface area (Å²) in [6, 6.07) is 13.8. The van der Waals surface area contributed by atoms with Crippen LogP contribution in [-0.2, 0) is 0 Å². The zero-order chi connectivity index (χ0) is 19.3. The van der Waals surface area contributed by atoms with Gasteiger partial charge in [-0.3, -0.25) is 4.79 Å². The second kappa shape index (κ2) is 8.39. The fraction of sp³-hybridized carbons (Fsp3) is 0.286. The molecule has 28 heavy (non-hydrogen) atoms. The average Bonchev–Trinajstić information content (AvgIpc) is 3.20. The summed E-state index contributed by atoms with van der Waals surface area (Å²) in [6.07, 6.45) is 5.41. The van der Waals surface area contributed by atoms with Crippen molar-refractivity contribution in [2.24, 2.45) is 0 Å². The summed E-state index contributed by atoms with van der Waals surface area (Å²) in [5, 5.41) is 3.17. The number of piperidine rings is 1. The molecule has 1 N–H and O–H groups in total. The Kier molecular flexibility index (Phi) is 5.53. The Morgan fingerprint density at radius 1 is 1.21 bits per heavy atom. The molecule has 2 aromatic heterocycles. The minimum Gasteiger partial charge on any atom is -0.495 e. The maximum atomic E-state index is 12.9. The van der Waals surface area contributed by atoms with E-state index in [0.717, 1.165) is 29.8 Å². The maximum absolute atomic E-state index is 12.9. The third kappa shape index (κ3) is 3.99. The molecule has 1 aliphatic rings. The molecule has 0 aliphatic carbocycles. The molecule has 1 aromatic carbocycles. The third-order valence-electron chi connectivity index (χ3n) is 4.77. The lowest BCUT2D eigenvalue weighted by molar-refractivity contribution is 0.0934. The zero-order valence-corrected chi connectivity index (χ0v) is 16.5. The Morgan fingerprint density at radius 3 is 2.75 bits per heavy atom. The summed E-state index contributed by atoms with van der Waals surface area (Å²) < 4.78 is 5.47. The standard InChI is InChI=1S/C21H22N4O2S/c1-27-17-13-18(15-7-3-2-4-8-15)28-19(17)20(26)24-16-9-5-12-25(14-16)21-22-10-6-11-23-21/h2-4,6-8,10-11,13,16H,5,9,12,14H2,1H3,(H,24,26)/t16-/m0/s1. The fourth-order valence-corrected chi connectivity index (χ4v) is 4.45. The molecule has 0 unspecified atom stereocenters. The summed E-state index contributed by atoms with van der Waals surface area (Å²) >= 11 is 1.46. The SMILES string of the molecule is COc1cc(-c2ccccc2)sc1C(=O)N[C@H]1CCCN(c2ncccn2)C1. The Morgan fingerprint density at radius 2 is 2.00 bits per heavy atom. The first kappa shape index (κ1) is 18.4. The molecule has 3 aromatic rings. The number of nitrogens with zero attached hydrogens (tertiary/aromatic N) is 3. The lowest BCUT2D eigenvalue weighted by atomic mass is 10.1. The molecule has 0 spiro atoms. The van der Waals surface area contributed by atoms with Crippen LogP contribution in [-0.4, -0.2) is 42.1 Å². The number of thiophene rings is 1. The summed E-state index contributed by atoms with van der Waals surface area (Å²) in [6.45, 7) is 1.60. The lowest BCUT2D eigenvalue weighted by Gasteiger charge is -2.33. The van der Waals surface area contributed by atoms with Crippen molar-refractivity contribution in [3.05, 3.63) is 59.7 Å². The van der Waals surface area contributed by atoms with Crippen molar-refractivity contribution in [3.8, 4) is 16.2 Å². The van der Waals surface area contributed by atoms with Crippen molar-refractivity contribution >= 4 is 23.2 Å². The second-order valence-corrected chi connectivity index (χ2v) is 7.73. The van der Waals surface area contributed by atoms with Gasteiger partial charge >= 0.3 is 0 Å². The van der Waals surface area contributed by atoms with Crippen LogP contribution in [0.15, 0.2) is 54.9 Å². The van der Waals surface area contributed by atoms with Gasteiger partial charge in [0.2, 0.25) is 5.95 Å². The Balaban J connectivity index is 1.48. The second-order valence-electron chi connectivity index (χ2n) is 6.68. The highest BCUT2D eigenvalue weighted by molar-refractivity contribution is 7.17. The molecule has 1 saturated heterocycles. The predicted molar refractivity (Wildman–Crippen MR) is 111 cm³/mol. The van der Waals surface area contributed by atoms with E-state index in [1.807, 2.05) is 36.4 Å². The van der Waals surface area contributed by atoms with E-state index in [-0.39, 0.29) is 11.9 Å². The van der Waals surface area contributed by atoms with Gasteiger partial charge in [0, 0.05) is 36.4 Å². The summed E-state index contributed by atoms with van der Waals surface area (Å²) in [7, 11) is 1.60. The summed E-state index contributed by atoms with van der Waals surface area (Å²) in [4.78, 5) is 25.3. The van der Waals surface area contributed by atoms with Crippen molar-refractivity contribution in [2.45, 2.75) is 18.9 Å². The van der Waals surface area contributed by atoms with Crippen LogP contribution in [0.1, 0.15) is 22.5 Å². The molecule has 1 aliphatic heterocycles. The number of nitrogens with one attached hydrogen (secondary N) is 1. The van der Waals surface area contributed by atoms with E-state index in [1.54, 1.807) is 25.6 Å². The summed E-state index contributed by atoms with van der Waals surface area (Å²) in [5.74, 6) is 1.23. The van der Waals surface area contributed by atoms with E-state index in [1.165, 1.54) is 11.3 Å². The summed E-state index contributed by atoms with van der Waals surface area (Å²) in [5.41, 5.74) is 1.08. The van der Waals surface area contributed by atoms with Crippen LogP contribution in [0.25, 0.3) is 10.4 Å². The third-order valence-corrected chi connectivity index (χ3v) is 5.94. The monoisotopic (exact) mass is 394 g/mol. The minimum atomic E-state index is -0.0927. The van der Waals surface area contributed by atoms with E-state index in [4.69, 9.17) is 4.74 Å². The molecule has 4 rings (SSSR count). The predicted octanol–water partition coefficient (Wildman–Crippen LogP) is 3.61. The molecule has 1 fully saturated rings. The van der Waals surface area contributed by atoms with Gasteiger partial charge in [0.25, 0.3) is 5.91 Å². The molecule has 0 saturated carbocycles. The lowest BCUT2D eigenvalue weighted by Crippen LogP contribution is -2.48. The Labute approximate surface area is 168 Å². The highest BCUT2D eigenvalue weighted by Crippen LogP contribution is 2.36. The van der Waals surface area contributed by atoms with Gasteiger partial charge < -0.3 is 15.0 Å². The highest BCUT2D eigenvalue weighted by Gasteiger charge is 2.25. The van der Waals surface area contributed by atoms with Crippen molar-refractivity contribution in [1.29, 1.82) is 0 Å². The van der Waals surface area contributed by atoms with Crippen LogP contribution in [0.2, 0.25) is 0 Å². The van der Waals surface area contributed by atoms with Gasteiger partial charge in [-0.2, -0.15) is 0 Å². The number of carbonyl (C=O) groups excluding carboxylic acids is 1. The number of benzene rings is 1. The smallest absolute Gasteiger partial charge is 0.265 e. The van der Waals surface area contributed by atoms with Crippen LogP contribution in [0, 0.1) is 0 Å². The average molecular weight is 395 g/mol. The number of rotatable bonds is 5. The van der Waals surface area contributed by atoms with Gasteiger partial charge in [-0.05, 0) is 30.5 Å². The first-order chi connectivity index (χ1) is 13.7. The zero-order valence-electron chi connectivity index (χ0n) is 15.7. The normalized spacial score (nSPS) is 16.6. The number of carbonyl (C=O) groups is 1. The number of methoxy groups -OCH3 is 1. The topological polar surface area (TPSA) is 67.3 Å². The molecular formula is C21H22N4O2S. The van der Waals surface area contributed by atoms with E-state index in [9.17, 15) is 4.79 Å². The van der Waals surface area contributed by atoms with Crippen LogP contribution in [0.4, 0.5) is 5.95 Å². The molecule has 1 atom stereocenters. The van der Waals surface area contributed by atoms with Gasteiger partial charge in [0.1, 0.15) is 10.6 Å². The van der Waals surface area contributed by atoms with Gasteiger partial charge in [-0.1, -0.05) is 30.3 Å². The molecule has 144 valence electrons. The molecule has 7 heteroatoms. The number of anilines is 1.